The van der Waals surface area contributed by atoms with Crippen LogP contribution in [0.4, 0.5) is 0 Å². The minimum atomic E-state index is -0.951. The van der Waals surface area contributed by atoms with Gasteiger partial charge in [0, 0.05) is 5.92 Å². The van der Waals surface area contributed by atoms with Crippen molar-refractivity contribution < 1.29 is 25.5 Å². The van der Waals surface area contributed by atoms with Gasteiger partial charge in [0.1, 0.15) is 0 Å². The molecule has 5 N–H and O–H groups in total. The van der Waals surface area contributed by atoms with E-state index in [4.69, 9.17) is 0 Å². The highest BCUT2D eigenvalue weighted by atomic mass is 16.4. The lowest BCUT2D eigenvalue weighted by Gasteiger charge is -2.19. The highest BCUT2D eigenvalue weighted by molar-refractivity contribution is 5.83. The highest BCUT2D eigenvalue weighted by Gasteiger charge is 2.36. The van der Waals surface area contributed by atoms with E-state index in [1.165, 1.54) is 0 Å². The van der Waals surface area contributed by atoms with Gasteiger partial charge in [0.05, 0.1) is 5.56 Å². The molecule has 0 fully saturated rings. The van der Waals surface area contributed by atoms with E-state index in [0.29, 0.717) is 0 Å². The van der Waals surface area contributed by atoms with Gasteiger partial charge in [0.25, 0.3) is 0 Å². The van der Waals surface area contributed by atoms with Gasteiger partial charge in [-0.15, -0.1) is 0 Å². The molecule has 3 aromatic rings. The van der Waals surface area contributed by atoms with Gasteiger partial charge in [-0.3, -0.25) is 0 Å². The lowest BCUT2D eigenvalue weighted by Crippen LogP contribution is -2.01. The Balaban J connectivity index is 2.09. The first-order valence-corrected chi connectivity index (χ1v) is 7.39. The predicted molar refractivity (Wildman–Crippen MR) is 87.6 cm³/mol. The van der Waals surface area contributed by atoms with E-state index in [-0.39, 0.29) is 5.56 Å². The molecule has 5 nitrogen and oxygen atoms in total. The van der Waals surface area contributed by atoms with Crippen molar-refractivity contribution in [1.29, 1.82) is 0 Å². The molecule has 5 heteroatoms. The van der Waals surface area contributed by atoms with E-state index >= 15 is 0 Å². The molecule has 0 aromatic heterocycles. The maximum Gasteiger partial charge on any atom is 0.208 e. The molecule has 120 valence electrons. The third kappa shape index (κ3) is 1.69. The van der Waals surface area contributed by atoms with Crippen LogP contribution in [0.2, 0.25) is 0 Å². The Kier molecular flexibility index (Phi) is 2.87. The maximum atomic E-state index is 10.3. The fourth-order valence-corrected chi connectivity index (χ4v) is 3.44. The van der Waals surface area contributed by atoms with Crippen LogP contribution in [0.25, 0.3) is 11.1 Å². The largest absolute Gasteiger partial charge is 0.504 e. The van der Waals surface area contributed by atoms with Gasteiger partial charge in [0.2, 0.25) is 17.2 Å². The lowest BCUT2D eigenvalue weighted by atomic mass is 9.87. The third-order valence-corrected chi connectivity index (χ3v) is 4.53. The molecule has 24 heavy (non-hydrogen) atoms. The van der Waals surface area contributed by atoms with Gasteiger partial charge >= 0.3 is 0 Å². The topological polar surface area (TPSA) is 101 Å². The summed E-state index contributed by atoms with van der Waals surface area (Å²) in [6.45, 7) is 0. The molecule has 0 saturated heterocycles. The van der Waals surface area contributed by atoms with Gasteiger partial charge in [0.15, 0.2) is 11.5 Å². The number of phenolic OH excluding ortho intramolecular Hbond substituents is 5. The van der Waals surface area contributed by atoms with Crippen LogP contribution in [0.5, 0.6) is 28.7 Å². The van der Waals surface area contributed by atoms with Crippen molar-refractivity contribution in [3.8, 4) is 39.9 Å². The van der Waals surface area contributed by atoms with E-state index in [0.717, 1.165) is 22.3 Å². The second-order valence-electron chi connectivity index (χ2n) is 5.76. The minimum absolute atomic E-state index is 0.0415. The Morgan fingerprint density at radius 2 is 0.875 bits per heavy atom. The molecule has 0 atom stereocenters. The summed E-state index contributed by atoms with van der Waals surface area (Å²) in [5.41, 5.74) is 3.51. The highest BCUT2D eigenvalue weighted by Crippen LogP contribution is 2.58. The van der Waals surface area contributed by atoms with Crippen molar-refractivity contribution in [3.05, 3.63) is 65.2 Å². The quantitative estimate of drug-likeness (QED) is 0.273. The Morgan fingerprint density at radius 3 is 1.33 bits per heavy atom. The first kappa shape index (κ1) is 14.3. The Labute approximate surface area is 137 Å². The zero-order valence-corrected chi connectivity index (χ0v) is 12.4. The molecular formula is C19H14O5. The van der Waals surface area contributed by atoms with Crippen molar-refractivity contribution in [2.45, 2.75) is 5.92 Å². The second-order valence-corrected chi connectivity index (χ2v) is 5.76. The van der Waals surface area contributed by atoms with Gasteiger partial charge < -0.3 is 25.5 Å². The maximum absolute atomic E-state index is 10.3. The molecule has 0 radical (unpaired) electrons. The van der Waals surface area contributed by atoms with Crippen LogP contribution in [0.1, 0.15) is 22.6 Å². The van der Waals surface area contributed by atoms with Gasteiger partial charge in [-0.25, -0.2) is 0 Å². The van der Waals surface area contributed by atoms with Gasteiger partial charge in [-0.1, -0.05) is 48.5 Å². The minimum Gasteiger partial charge on any atom is -0.504 e. The number of aromatic hydroxyl groups is 5. The molecule has 0 amide bonds. The number of hydrogen-bond donors (Lipinski definition) is 5. The van der Waals surface area contributed by atoms with Crippen molar-refractivity contribution in [2.24, 2.45) is 0 Å². The molecule has 0 heterocycles. The summed E-state index contributed by atoms with van der Waals surface area (Å²) < 4.78 is 0. The first-order valence-electron chi connectivity index (χ1n) is 7.39. The average Bonchev–Trinajstić information content (AvgIpc) is 2.94. The van der Waals surface area contributed by atoms with Crippen LogP contribution in [0, 0.1) is 0 Å². The Morgan fingerprint density at radius 1 is 0.500 bits per heavy atom. The number of phenols is 5. The van der Waals surface area contributed by atoms with E-state index < -0.39 is 34.7 Å². The normalized spacial score (nSPS) is 12.8. The first-order chi connectivity index (χ1) is 11.5. The summed E-state index contributed by atoms with van der Waals surface area (Å²) in [6, 6.07) is 15.1. The summed E-state index contributed by atoms with van der Waals surface area (Å²) in [6.07, 6.45) is 0. The monoisotopic (exact) mass is 322 g/mol. The molecule has 0 unspecified atom stereocenters. The molecular weight excluding hydrogens is 308 g/mol. The second kappa shape index (κ2) is 4.83. The van der Waals surface area contributed by atoms with E-state index in [1.807, 2.05) is 48.5 Å². The van der Waals surface area contributed by atoms with E-state index in [9.17, 15) is 25.5 Å². The SMILES string of the molecule is Oc1c(O)c(O)c(C2c3ccccc3-c3ccccc32)c(O)c1O. The summed E-state index contributed by atoms with van der Waals surface area (Å²) in [5, 5.41) is 50.0. The van der Waals surface area contributed by atoms with Crippen LogP contribution in [0.15, 0.2) is 48.5 Å². The fraction of sp³-hybridized carbons (Fsp3) is 0.0526. The van der Waals surface area contributed by atoms with Crippen LogP contribution in [-0.2, 0) is 0 Å². The molecule has 3 aromatic carbocycles. The predicted octanol–water partition coefficient (Wildman–Crippen LogP) is 3.38. The van der Waals surface area contributed by atoms with Crippen molar-refractivity contribution in [2.75, 3.05) is 0 Å². The Hall–Kier alpha value is -3.34. The third-order valence-electron chi connectivity index (χ3n) is 4.53. The van der Waals surface area contributed by atoms with Gasteiger partial charge in [-0.2, -0.15) is 0 Å². The van der Waals surface area contributed by atoms with Crippen LogP contribution >= 0.6 is 0 Å². The standard InChI is InChI=1S/C19H14O5/c20-15-14(16(21)18(23)19(24)17(15)22)13-11-7-3-1-5-9(11)10-6-2-4-8-12(10)13/h1-8,13,20-24H. The summed E-state index contributed by atoms with van der Waals surface area (Å²) >= 11 is 0. The van der Waals surface area contributed by atoms with Crippen LogP contribution in [0.3, 0.4) is 0 Å². The number of fused-ring (bicyclic) bond motifs is 3. The molecule has 0 spiro atoms. The molecule has 4 rings (SSSR count). The molecule has 0 aliphatic heterocycles. The van der Waals surface area contributed by atoms with Crippen molar-refractivity contribution in [3.63, 3.8) is 0 Å². The molecule has 0 saturated carbocycles. The summed E-state index contributed by atoms with van der Waals surface area (Å²) in [4.78, 5) is 0. The Bertz CT molecular complexity index is 903. The lowest BCUT2D eigenvalue weighted by molar-refractivity contribution is 0.323. The molecule has 1 aliphatic rings. The summed E-state index contributed by atoms with van der Waals surface area (Å²) in [7, 11) is 0. The van der Waals surface area contributed by atoms with Crippen LogP contribution in [-0.4, -0.2) is 25.5 Å². The number of hydrogen-bond acceptors (Lipinski definition) is 5. The van der Waals surface area contributed by atoms with E-state index in [1.54, 1.807) is 0 Å². The molecule has 0 bridgehead atoms. The fourth-order valence-electron chi connectivity index (χ4n) is 3.44. The number of benzene rings is 3. The zero-order valence-electron chi connectivity index (χ0n) is 12.4. The zero-order chi connectivity index (χ0) is 17.0. The van der Waals surface area contributed by atoms with Gasteiger partial charge in [-0.05, 0) is 22.3 Å². The molecule has 1 aliphatic carbocycles. The number of rotatable bonds is 1. The smallest absolute Gasteiger partial charge is 0.208 e. The van der Waals surface area contributed by atoms with Crippen molar-refractivity contribution >= 4 is 0 Å². The van der Waals surface area contributed by atoms with Crippen LogP contribution < -0.4 is 0 Å². The van der Waals surface area contributed by atoms with Crippen molar-refractivity contribution in [1.82, 2.24) is 0 Å². The summed E-state index contributed by atoms with van der Waals surface area (Å²) in [5.74, 6) is -4.55. The van der Waals surface area contributed by atoms with E-state index in [2.05, 4.69) is 0 Å². The average molecular weight is 322 g/mol.